The highest BCUT2D eigenvalue weighted by Crippen LogP contribution is 2.37. The van der Waals surface area contributed by atoms with Crippen LogP contribution in [-0.2, 0) is 27.4 Å². The third-order valence-electron chi connectivity index (χ3n) is 7.51. The number of rotatable bonds is 8. The second-order valence-corrected chi connectivity index (χ2v) is 14.8. The minimum Gasteiger partial charge on any atom is -0.493 e. The van der Waals surface area contributed by atoms with E-state index in [0.29, 0.717) is 52.9 Å². The predicted octanol–water partition coefficient (Wildman–Crippen LogP) is 7.59. The summed E-state index contributed by atoms with van der Waals surface area (Å²) in [5.41, 5.74) is 3.93. The van der Waals surface area contributed by atoms with Crippen LogP contribution in [0.25, 0.3) is 0 Å². The number of hydrogen-bond donors (Lipinski definition) is 1. The first kappa shape index (κ1) is 34.7. The van der Waals surface area contributed by atoms with Gasteiger partial charge in [-0.15, -0.1) is 0 Å². The molecule has 1 unspecified atom stereocenters. The number of nitrogens with zero attached hydrogens (tertiary/aromatic N) is 2. The van der Waals surface area contributed by atoms with Crippen molar-refractivity contribution in [3.63, 3.8) is 0 Å². The molecule has 0 bridgehead atoms. The van der Waals surface area contributed by atoms with Gasteiger partial charge >= 0.3 is 6.09 Å². The fourth-order valence-electron chi connectivity index (χ4n) is 4.94. The molecule has 0 radical (unpaired) electrons. The lowest BCUT2D eigenvalue weighted by Gasteiger charge is -2.29. The predicted molar refractivity (Wildman–Crippen MR) is 182 cm³/mol. The Labute approximate surface area is 274 Å². The Morgan fingerprint density at radius 3 is 2.39 bits per heavy atom. The minimum atomic E-state index is -1.32. The molecule has 2 heterocycles. The number of methoxy groups -OCH3 is 1. The smallest absolute Gasteiger partial charge is 0.410 e. The van der Waals surface area contributed by atoms with Gasteiger partial charge in [0, 0.05) is 49.3 Å². The Morgan fingerprint density at radius 1 is 1.04 bits per heavy atom. The van der Waals surface area contributed by atoms with Gasteiger partial charge in [-0.1, -0.05) is 38.5 Å². The number of ether oxygens (including phenoxy) is 3. The number of pyridine rings is 1. The summed E-state index contributed by atoms with van der Waals surface area (Å²) in [7, 11) is 0.180. The van der Waals surface area contributed by atoms with Crippen LogP contribution < -0.4 is 14.8 Å². The monoisotopic (exact) mass is 647 g/mol. The van der Waals surface area contributed by atoms with Crippen molar-refractivity contribution in [2.75, 3.05) is 31.8 Å². The molecule has 246 valence electrons. The fraction of sp³-hybridized carbons (Fsp3) is 0.417. The maximum absolute atomic E-state index is 13.5. The molecule has 2 aromatic carbocycles. The summed E-state index contributed by atoms with van der Waals surface area (Å²) in [5.74, 6) is 1.18. The van der Waals surface area contributed by atoms with E-state index in [1.165, 1.54) is 12.7 Å². The van der Waals surface area contributed by atoms with Gasteiger partial charge in [0.05, 0.1) is 28.5 Å². The first-order valence-electron chi connectivity index (χ1n) is 15.3. The first-order valence-corrected chi connectivity index (χ1v) is 16.9. The molecule has 0 fully saturated rings. The van der Waals surface area contributed by atoms with Crippen molar-refractivity contribution in [1.29, 1.82) is 0 Å². The molecule has 1 N–H and O–H groups in total. The standard InChI is InChI=1S/C36H45N3O6S/c1-23-10-11-25(33(40)38-29-20-26(35(2,3)4)21-31(46(9)42)32(29)43-8)19-30(23)44-28-12-15-37-27(22-28)18-24-13-16-39(17-14-24)34(41)45-36(5,6)7/h10-13,15,19-22H,14,16-18H2,1-9H3,(H,38,40). The molecule has 1 aliphatic rings. The van der Waals surface area contributed by atoms with Gasteiger partial charge in [0.2, 0.25) is 0 Å². The van der Waals surface area contributed by atoms with Crippen LogP contribution in [0.15, 0.2) is 65.2 Å². The van der Waals surface area contributed by atoms with Gasteiger partial charge in [-0.25, -0.2) is 4.79 Å². The largest absolute Gasteiger partial charge is 0.493 e. The lowest BCUT2D eigenvalue weighted by molar-refractivity contribution is 0.0265. The van der Waals surface area contributed by atoms with Crippen LogP contribution in [0.2, 0.25) is 0 Å². The van der Waals surface area contributed by atoms with E-state index in [-0.39, 0.29) is 17.4 Å². The Morgan fingerprint density at radius 2 is 1.78 bits per heavy atom. The minimum absolute atomic E-state index is 0.234. The summed E-state index contributed by atoms with van der Waals surface area (Å²) in [6.07, 6.45) is 6.43. The van der Waals surface area contributed by atoms with Crippen molar-refractivity contribution in [2.24, 2.45) is 0 Å². The third kappa shape index (κ3) is 8.96. The molecule has 1 atom stereocenters. The highest BCUT2D eigenvalue weighted by atomic mass is 32.2. The van der Waals surface area contributed by atoms with Crippen LogP contribution in [0.3, 0.4) is 0 Å². The summed E-state index contributed by atoms with van der Waals surface area (Å²) in [5, 5.41) is 2.97. The summed E-state index contributed by atoms with van der Waals surface area (Å²) in [6, 6.07) is 12.7. The summed E-state index contributed by atoms with van der Waals surface area (Å²) in [6.45, 7) is 14.8. The highest BCUT2D eigenvalue weighted by Gasteiger charge is 2.25. The van der Waals surface area contributed by atoms with Crippen LogP contribution in [0, 0.1) is 6.92 Å². The van der Waals surface area contributed by atoms with E-state index in [9.17, 15) is 13.8 Å². The van der Waals surface area contributed by atoms with Crippen molar-refractivity contribution in [3.05, 3.63) is 82.7 Å². The van der Waals surface area contributed by atoms with Crippen LogP contribution in [0.1, 0.15) is 75.1 Å². The number of anilines is 1. The zero-order valence-corrected chi connectivity index (χ0v) is 29.1. The van der Waals surface area contributed by atoms with Crippen molar-refractivity contribution in [1.82, 2.24) is 9.88 Å². The maximum atomic E-state index is 13.5. The van der Waals surface area contributed by atoms with E-state index in [4.69, 9.17) is 14.2 Å². The number of carbonyl (C=O) groups is 2. The molecular formula is C36H45N3O6S. The normalized spacial score (nSPS) is 14.3. The van der Waals surface area contributed by atoms with Gasteiger partial charge in [-0.05, 0) is 81.0 Å². The van der Waals surface area contributed by atoms with Gasteiger partial charge in [0.15, 0.2) is 5.75 Å². The van der Waals surface area contributed by atoms with Gasteiger partial charge in [0.25, 0.3) is 5.91 Å². The molecule has 0 spiro atoms. The van der Waals surface area contributed by atoms with Crippen LogP contribution >= 0.6 is 0 Å². The average Bonchev–Trinajstić information content (AvgIpc) is 2.97. The molecular weight excluding hydrogens is 602 g/mol. The molecule has 3 aromatic rings. The Bertz CT molecular complexity index is 1670. The van der Waals surface area contributed by atoms with E-state index < -0.39 is 16.4 Å². The number of nitrogens with one attached hydrogen (secondary N) is 1. The highest BCUT2D eigenvalue weighted by molar-refractivity contribution is 7.84. The molecule has 1 aliphatic heterocycles. The van der Waals surface area contributed by atoms with Crippen molar-refractivity contribution < 1.29 is 28.0 Å². The molecule has 0 saturated heterocycles. The summed E-state index contributed by atoms with van der Waals surface area (Å²) >= 11 is 0. The Hall–Kier alpha value is -4.18. The van der Waals surface area contributed by atoms with E-state index in [1.54, 1.807) is 35.6 Å². The third-order valence-corrected chi connectivity index (χ3v) is 8.43. The second-order valence-electron chi connectivity index (χ2n) is 13.5. The fourth-order valence-corrected chi connectivity index (χ4v) is 5.69. The molecule has 0 aliphatic carbocycles. The molecule has 1 aromatic heterocycles. The van der Waals surface area contributed by atoms with Gasteiger partial charge in [0.1, 0.15) is 17.1 Å². The number of aryl methyl sites for hydroxylation is 1. The van der Waals surface area contributed by atoms with E-state index >= 15 is 0 Å². The lowest BCUT2D eigenvalue weighted by Crippen LogP contribution is -2.39. The van der Waals surface area contributed by atoms with E-state index in [0.717, 1.165) is 23.2 Å². The van der Waals surface area contributed by atoms with Gasteiger partial charge < -0.3 is 24.4 Å². The maximum Gasteiger partial charge on any atom is 0.410 e. The van der Waals surface area contributed by atoms with Gasteiger partial charge in [-0.2, -0.15) is 0 Å². The average molecular weight is 648 g/mol. The quantitative estimate of drug-likeness (QED) is 0.251. The van der Waals surface area contributed by atoms with Crippen LogP contribution in [0.4, 0.5) is 10.5 Å². The van der Waals surface area contributed by atoms with Gasteiger partial charge in [-0.3, -0.25) is 14.0 Å². The topological polar surface area (TPSA) is 107 Å². The second kappa shape index (κ2) is 14.1. The van der Waals surface area contributed by atoms with Crippen molar-refractivity contribution in [2.45, 2.75) is 77.2 Å². The number of hydrogen-bond acceptors (Lipinski definition) is 7. The summed E-state index contributed by atoms with van der Waals surface area (Å²) in [4.78, 5) is 32.7. The Balaban J connectivity index is 1.49. The number of benzene rings is 2. The molecule has 46 heavy (non-hydrogen) atoms. The zero-order valence-electron chi connectivity index (χ0n) is 28.3. The molecule has 4 rings (SSSR count). The van der Waals surface area contributed by atoms with E-state index in [1.807, 2.05) is 52.0 Å². The van der Waals surface area contributed by atoms with Crippen molar-refractivity contribution >= 4 is 28.5 Å². The number of aromatic nitrogens is 1. The number of amides is 2. The molecule has 9 nitrogen and oxygen atoms in total. The van der Waals surface area contributed by atoms with Crippen molar-refractivity contribution in [3.8, 4) is 17.2 Å². The van der Waals surface area contributed by atoms with Crippen LogP contribution in [-0.4, -0.2) is 58.1 Å². The molecule has 0 saturated carbocycles. The lowest BCUT2D eigenvalue weighted by atomic mass is 9.86. The zero-order chi connectivity index (χ0) is 33.8. The molecule has 2 amide bonds. The first-order chi connectivity index (χ1) is 21.5. The van der Waals surface area contributed by atoms with Crippen LogP contribution in [0.5, 0.6) is 17.2 Å². The van der Waals surface area contributed by atoms with E-state index in [2.05, 4.69) is 37.1 Å². The molecule has 10 heteroatoms. The SMILES string of the molecule is COc1c(NC(=O)c2ccc(C)c(Oc3ccnc(CC4=CCN(C(=O)OC(C)(C)C)CC4)c3)c2)cc(C(C)(C)C)cc1S(C)=O. The number of carbonyl (C=O) groups excluding carboxylic acids is 2. The Kier molecular flexibility index (Phi) is 10.6. The summed E-state index contributed by atoms with van der Waals surface area (Å²) < 4.78 is 29.9.